The fourth-order valence-electron chi connectivity index (χ4n) is 3.77. The van der Waals surface area contributed by atoms with E-state index in [1.54, 1.807) is 6.07 Å². The Balaban J connectivity index is 1.47. The average Bonchev–Trinajstić information content (AvgIpc) is 2.64. The van der Waals surface area contributed by atoms with Crippen LogP contribution in [0.25, 0.3) is 0 Å². The number of likely N-dealkylation sites (N-methyl/N-ethyl adjacent to an activating group) is 1. The van der Waals surface area contributed by atoms with Crippen molar-refractivity contribution in [1.82, 2.24) is 14.7 Å². The number of nitrogens with zero attached hydrogens (tertiary/aromatic N) is 3. The fourth-order valence-corrected chi connectivity index (χ4v) is 4.24. The summed E-state index contributed by atoms with van der Waals surface area (Å²) in [5, 5.41) is 1.39. The molecule has 0 unspecified atom stereocenters. The molecule has 0 spiro atoms. The molecule has 1 aromatic carbocycles. The highest BCUT2D eigenvalue weighted by molar-refractivity contribution is 6.35. The first kappa shape index (κ1) is 19.0. The minimum atomic E-state index is 0.185. The van der Waals surface area contributed by atoms with Gasteiger partial charge in [0.15, 0.2) is 0 Å². The van der Waals surface area contributed by atoms with Gasteiger partial charge in [-0.05, 0) is 50.2 Å². The number of piperazine rings is 1. The first-order chi connectivity index (χ1) is 12.1. The first-order valence-electron chi connectivity index (χ1n) is 9.24. The minimum Gasteiger partial charge on any atom is -0.340 e. The molecule has 2 aliphatic heterocycles. The maximum atomic E-state index is 12.8. The molecule has 6 heteroatoms. The average molecular weight is 384 g/mol. The van der Waals surface area contributed by atoms with E-state index < -0.39 is 0 Å². The molecule has 1 aromatic rings. The SMILES string of the molecule is CCN1CCN(C(=O)C2CCN(Cc3ccc(Cl)cc3Cl)CC2)CC1. The number of carbonyl (C=O) groups excluding carboxylic acids is 1. The molecule has 2 heterocycles. The van der Waals surface area contributed by atoms with Gasteiger partial charge in [0.05, 0.1) is 0 Å². The van der Waals surface area contributed by atoms with Crippen molar-refractivity contribution in [1.29, 1.82) is 0 Å². The molecule has 0 radical (unpaired) electrons. The summed E-state index contributed by atoms with van der Waals surface area (Å²) in [4.78, 5) is 19.6. The minimum absolute atomic E-state index is 0.185. The van der Waals surface area contributed by atoms with Crippen LogP contribution in [0.15, 0.2) is 18.2 Å². The monoisotopic (exact) mass is 383 g/mol. The number of amides is 1. The van der Waals surface area contributed by atoms with Gasteiger partial charge in [0, 0.05) is 48.7 Å². The molecule has 4 nitrogen and oxygen atoms in total. The van der Waals surface area contributed by atoms with Crippen LogP contribution >= 0.6 is 23.2 Å². The van der Waals surface area contributed by atoms with E-state index in [-0.39, 0.29) is 5.92 Å². The molecule has 0 N–H and O–H groups in total. The lowest BCUT2D eigenvalue weighted by Crippen LogP contribution is -2.51. The highest BCUT2D eigenvalue weighted by Crippen LogP contribution is 2.26. The summed E-state index contributed by atoms with van der Waals surface area (Å²) < 4.78 is 0. The summed E-state index contributed by atoms with van der Waals surface area (Å²) in [5.41, 5.74) is 1.10. The van der Waals surface area contributed by atoms with Crippen LogP contribution in [-0.2, 0) is 11.3 Å². The second-order valence-corrected chi connectivity index (χ2v) is 7.89. The van der Waals surface area contributed by atoms with Crippen LogP contribution in [0.1, 0.15) is 25.3 Å². The Hall–Kier alpha value is -0.810. The molecule has 0 saturated carbocycles. The number of halogens is 2. The number of hydrogen-bond donors (Lipinski definition) is 0. The Kier molecular flexibility index (Phi) is 6.61. The van der Waals surface area contributed by atoms with Gasteiger partial charge < -0.3 is 9.80 Å². The van der Waals surface area contributed by atoms with E-state index in [4.69, 9.17) is 23.2 Å². The number of piperidine rings is 1. The molecule has 2 aliphatic rings. The maximum absolute atomic E-state index is 12.8. The Morgan fingerprint density at radius 1 is 1.04 bits per heavy atom. The third kappa shape index (κ3) is 4.88. The summed E-state index contributed by atoms with van der Waals surface area (Å²) in [6.45, 7) is 9.77. The second-order valence-electron chi connectivity index (χ2n) is 7.05. The van der Waals surface area contributed by atoms with Crippen LogP contribution in [0.4, 0.5) is 0 Å². The highest BCUT2D eigenvalue weighted by atomic mass is 35.5. The molecular formula is C19H27Cl2N3O. The number of rotatable bonds is 4. The molecule has 0 aromatic heterocycles. The van der Waals surface area contributed by atoms with Crippen LogP contribution < -0.4 is 0 Å². The number of hydrogen-bond acceptors (Lipinski definition) is 3. The van der Waals surface area contributed by atoms with Crippen LogP contribution in [0.2, 0.25) is 10.0 Å². The van der Waals surface area contributed by atoms with Crippen LogP contribution in [0.5, 0.6) is 0 Å². The smallest absolute Gasteiger partial charge is 0.225 e. The lowest BCUT2D eigenvalue weighted by Gasteiger charge is -2.38. The quantitative estimate of drug-likeness (QED) is 0.797. The van der Waals surface area contributed by atoms with Crippen molar-refractivity contribution >= 4 is 29.1 Å². The van der Waals surface area contributed by atoms with Gasteiger partial charge >= 0.3 is 0 Å². The zero-order valence-corrected chi connectivity index (χ0v) is 16.4. The van der Waals surface area contributed by atoms with E-state index >= 15 is 0 Å². The van der Waals surface area contributed by atoms with Gasteiger partial charge in [0.25, 0.3) is 0 Å². The van der Waals surface area contributed by atoms with E-state index in [1.807, 2.05) is 12.1 Å². The van der Waals surface area contributed by atoms with E-state index in [0.29, 0.717) is 10.9 Å². The topological polar surface area (TPSA) is 26.8 Å². The van der Waals surface area contributed by atoms with Crippen molar-refractivity contribution < 1.29 is 4.79 Å². The Morgan fingerprint density at radius 3 is 2.32 bits per heavy atom. The number of carbonyl (C=O) groups is 1. The van der Waals surface area contributed by atoms with Gasteiger partial charge in [-0.15, -0.1) is 0 Å². The zero-order valence-electron chi connectivity index (χ0n) is 14.9. The van der Waals surface area contributed by atoms with Crippen LogP contribution in [-0.4, -0.2) is 66.4 Å². The molecule has 138 valence electrons. The third-order valence-corrected chi connectivity index (χ3v) is 6.06. The van der Waals surface area contributed by atoms with Gasteiger partial charge in [-0.25, -0.2) is 0 Å². The normalized spacial score (nSPS) is 20.8. The van der Waals surface area contributed by atoms with Crippen molar-refractivity contribution in [3.05, 3.63) is 33.8 Å². The number of likely N-dealkylation sites (tertiary alicyclic amines) is 1. The lowest BCUT2D eigenvalue weighted by molar-refractivity contribution is -0.138. The molecule has 0 bridgehead atoms. The Labute approximate surface area is 160 Å². The standard InChI is InChI=1S/C19H27Cl2N3O/c1-2-22-9-11-24(12-10-22)19(25)15-5-7-23(8-6-15)14-16-3-4-17(20)13-18(16)21/h3-4,13,15H,2,5-12,14H2,1H3. The fraction of sp³-hybridized carbons (Fsp3) is 0.632. The molecule has 25 heavy (non-hydrogen) atoms. The van der Waals surface area contributed by atoms with Gasteiger partial charge in [0.2, 0.25) is 5.91 Å². The molecular weight excluding hydrogens is 357 g/mol. The van der Waals surface area contributed by atoms with Crippen molar-refractivity contribution in [3.8, 4) is 0 Å². The number of benzene rings is 1. The predicted molar refractivity (Wildman–Crippen MR) is 103 cm³/mol. The van der Waals surface area contributed by atoms with E-state index in [0.717, 1.165) is 75.8 Å². The molecule has 0 aliphatic carbocycles. The highest BCUT2D eigenvalue weighted by Gasteiger charge is 2.30. The second kappa shape index (κ2) is 8.72. The van der Waals surface area contributed by atoms with Gasteiger partial charge in [-0.2, -0.15) is 0 Å². The van der Waals surface area contributed by atoms with Gasteiger partial charge in [-0.1, -0.05) is 36.2 Å². The summed E-state index contributed by atoms with van der Waals surface area (Å²) in [5.74, 6) is 0.546. The molecule has 1 amide bonds. The zero-order chi connectivity index (χ0) is 17.8. The van der Waals surface area contributed by atoms with Crippen molar-refractivity contribution in [2.75, 3.05) is 45.8 Å². The largest absolute Gasteiger partial charge is 0.340 e. The van der Waals surface area contributed by atoms with E-state index in [9.17, 15) is 4.79 Å². The van der Waals surface area contributed by atoms with E-state index in [2.05, 4.69) is 21.6 Å². The summed E-state index contributed by atoms with van der Waals surface area (Å²) in [7, 11) is 0. The van der Waals surface area contributed by atoms with Gasteiger partial charge in [-0.3, -0.25) is 9.69 Å². The predicted octanol–water partition coefficient (Wildman–Crippen LogP) is 3.37. The molecule has 2 fully saturated rings. The van der Waals surface area contributed by atoms with Crippen LogP contribution in [0.3, 0.4) is 0 Å². The van der Waals surface area contributed by atoms with Gasteiger partial charge in [0.1, 0.15) is 0 Å². The summed E-state index contributed by atoms with van der Waals surface area (Å²) in [6.07, 6.45) is 1.88. The lowest BCUT2D eigenvalue weighted by atomic mass is 9.94. The van der Waals surface area contributed by atoms with E-state index in [1.165, 1.54) is 0 Å². The van der Waals surface area contributed by atoms with Crippen molar-refractivity contribution in [3.63, 3.8) is 0 Å². The summed E-state index contributed by atoms with van der Waals surface area (Å²) in [6, 6.07) is 5.68. The molecule has 3 rings (SSSR count). The van der Waals surface area contributed by atoms with Crippen molar-refractivity contribution in [2.24, 2.45) is 5.92 Å². The molecule has 0 atom stereocenters. The summed E-state index contributed by atoms with van der Waals surface area (Å²) >= 11 is 12.2. The Bertz CT molecular complexity index is 594. The Morgan fingerprint density at radius 2 is 1.72 bits per heavy atom. The third-order valence-electron chi connectivity index (χ3n) is 5.48. The molecule has 2 saturated heterocycles. The van der Waals surface area contributed by atoms with Crippen LogP contribution in [0, 0.1) is 5.92 Å². The maximum Gasteiger partial charge on any atom is 0.225 e. The first-order valence-corrected chi connectivity index (χ1v) is 10.00. The van der Waals surface area contributed by atoms with Crippen molar-refractivity contribution in [2.45, 2.75) is 26.3 Å².